The Labute approximate surface area is 246 Å². The van der Waals surface area contributed by atoms with Gasteiger partial charge in [-0.05, 0) is 70.4 Å². The van der Waals surface area contributed by atoms with Crippen LogP contribution in [0.1, 0.15) is 6.92 Å². The number of benzene rings is 5. The number of hydrogen-bond acceptors (Lipinski definition) is 3. The van der Waals surface area contributed by atoms with Gasteiger partial charge < -0.3 is 13.7 Å². The van der Waals surface area contributed by atoms with E-state index in [0.29, 0.717) is 5.42 Å². The summed E-state index contributed by atoms with van der Waals surface area (Å²) < 4.78 is 13.6. The Morgan fingerprint density at radius 1 is 0.683 bits per heavy atom. The Balaban J connectivity index is 1.46. The lowest BCUT2D eigenvalue weighted by Gasteiger charge is -2.25. The Bertz CT molecular complexity index is 2190. The van der Waals surface area contributed by atoms with Crippen molar-refractivity contribution in [2.45, 2.75) is 6.92 Å². The first kappa shape index (κ1) is 25.2. The van der Waals surface area contributed by atoms with Gasteiger partial charge in [0.1, 0.15) is 16.6 Å². The van der Waals surface area contributed by atoms with Crippen molar-refractivity contribution in [2.75, 3.05) is 4.90 Å². The Morgan fingerprint density at radius 2 is 1.39 bits per heavy atom. The number of hydrogen-bond donors (Lipinski definition) is 0. The highest BCUT2D eigenvalue weighted by molar-refractivity contribution is 9.10. The molecule has 41 heavy (non-hydrogen) atoms. The van der Waals surface area contributed by atoms with Crippen LogP contribution in [0.5, 0.6) is 0 Å². The van der Waals surface area contributed by atoms with Crippen molar-refractivity contribution >= 4 is 78.6 Å². The summed E-state index contributed by atoms with van der Waals surface area (Å²) in [4.78, 5) is 2.23. The number of allylic oxidation sites excluding steroid dienone is 2. The van der Waals surface area contributed by atoms with E-state index in [1.54, 1.807) is 0 Å². The minimum absolute atomic E-state index is 0.651. The molecule has 0 amide bonds. The minimum atomic E-state index is 0.651. The summed E-state index contributed by atoms with van der Waals surface area (Å²) in [6.45, 7) is 6.15. The van der Waals surface area contributed by atoms with Gasteiger partial charge in [0.15, 0.2) is 5.58 Å². The topological polar surface area (TPSA) is 29.5 Å². The summed E-state index contributed by atoms with van der Waals surface area (Å²) in [6.07, 6.45) is 6.05. The molecule has 0 aliphatic rings. The molecule has 0 radical (unpaired) electrons. The molecule has 2 aromatic heterocycles. The summed E-state index contributed by atoms with van der Waals surface area (Å²) in [7, 11) is 0. The number of para-hydroxylation sites is 2. The zero-order valence-corrected chi connectivity index (χ0v) is 24.1. The van der Waals surface area contributed by atoms with Crippen molar-refractivity contribution < 1.29 is 8.83 Å². The number of halogens is 1. The first-order chi connectivity index (χ1) is 20.1. The normalized spacial score (nSPS) is 12.3. The molecule has 3 nitrogen and oxygen atoms in total. The van der Waals surface area contributed by atoms with E-state index < -0.39 is 0 Å². The predicted octanol–water partition coefficient (Wildman–Crippen LogP) is 10.00. The van der Waals surface area contributed by atoms with E-state index in [2.05, 4.69) is 118 Å². The SMILES string of the molecule is C=c1oc2cc(N(c3ccc(-c4ccccc4)cc3)c3cccc4c3oc3c(Br)cccc34)ccc2c1=CC=CC. The molecule has 0 fully saturated rings. The fourth-order valence-electron chi connectivity index (χ4n) is 5.48. The molecule has 0 atom stereocenters. The lowest BCUT2D eigenvalue weighted by atomic mass is 10.0. The van der Waals surface area contributed by atoms with Crippen LogP contribution in [0.3, 0.4) is 0 Å². The quantitative estimate of drug-likeness (QED) is 0.198. The highest BCUT2D eigenvalue weighted by Crippen LogP contribution is 2.43. The predicted molar refractivity (Wildman–Crippen MR) is 175 cm³/mol. The summed E-state index contributed by atoms with van der Waals surface area (Å²) in [6, 6.07) is 37.8. The second kappa shape index (κ2) is 10.3. The van der Waals surface area contributed by atoms with Crippen molar-refractivity contribution in [3.63, 3.8) is 0 Å². The van der Waals surface area contributed by atoms with Crippen LogP contribution in [-0.4, -0.2) is 0 Å². The van der Waals surface area contributed by atoms with Gasteiger partial charge in [-0.15, -0.1) is 0 Å². The summed E-state index contributed by atoms with van der Waals surface area (Å²) in [5, 5.41) is 4.16. The molecule has 0 saturated carbocycles. The van der Waals surface area contributed by atoms with E-state index in [4.69, 9.17) is 8.83 Å². The zero-order chi connectivity index (χ0) is 27.9. The molecule has 7 rings (SSSR count). The maximum atomic E-state index is 6.55. The molecule has 7 aromatic rings. The van der Waals surface area contributed by atoms with Crippen LogP contribution in [0.4, 0.5) is 17.1 Å². The second-order valence-electron chi connectivity index (χ2n) is 9.93. The molecule has 0 saturated heterocycles. The van der Waals surface area contributed by atoms with Gasteiger partial charge in [-0.25, -0.2) is 0 Å². The molecule has 0 unspecified atom stereocenters. The highest BCUT2D eigenvalue weighted by Gasteiger charge is 2.21. The van der Waals surface area contributed by atoms with Crippen LogP contribution in [0.2, 0.25) is 0 Å². The summed E-state index contributed by atoms with van der Waals surface area (Å²) in [5.74, 6) is 0. The zero-order valence-electron chi connectivity index (χ0n) is 22.5. The molecule has 0 aliphatic carbocycles. The van der Waals surface area contributed by atoms with E-state index in [-0.39, 0.29) is 0 Å². The van der Waals surface area contributed by atoms with E-state index in [9.17, 15) is 0 Å². The van der Waals surface area contributed by atoms with Gasteiger partial charge in [0.05, 0.1) is 15.8 Å². The highest BCUT2D eigenvalue weighted by atomic mass is 79.9. The third-order valence-electron chi connectivity index (χ3n) is 7.43. The third kappa shape index (κ3) is 4.37. The maximum Gasteiger partial charge on any atom is 0.159 e. The second-order valence-corrected chi connectivity index (χ2v) is 10.8. The van der Waals surface area contributed by atoms with Crippen LogP contribution < -0.4 is 15.5 Å². The molecule has 5 aromatic carbocycles. The minimum Gasteiger partial charge on any atom is -0.457 e. The lowest BCUT2D eigenvalue weighted by Crippen LogP contribution is -2.17. The van der Waals surface area contributed by atoms with Crippen LogP contribution in [0.15, 0.2) is 135 Å². The summed E-state index contributed by atoms with van der Waals surface area (Å²) >= 11 is 3.68. The molecule has 0 aliphatic heterocycles. The molecular formula is C37H26BrNO2. The Hall–Kier alpha value is -4.80. The first-order valence-corrected chi connectivity index (χ1v) is 14.3. The van der Waals surface area contributed by atoms with Crippen molar-refractivity contribution in [3.05, 3.63) is 136 Å². The number of fused-ring (bicyclic) bond motifs is 4. The van der Waals surface area contributed by atoms with Gasteiger partial charge in [0, 0.05) is 33.1 Å². The molecule has 2 heterocycles. The lowest BCUT2D eigenvalue weighted by molar-refractivity contribution is 0.577. The number of furan rings is 2. The number of anilines is 3. The monoisotopic (exact) mass is 595 g/mol. The van der Waals surface area contributed by atoms with Crippen molar-refractivity contribution in [1.82, 2.24) is 0 Å². The fourth-order valence-corrected chi connectivity index (χ4v) is 5.93. The van der Waals surface area contributed by atoms with Gasteiger partial charge in [0.2, 0.25) is 0 Å². The van der Waals surface area contributed by atoms with Crippen molar-refractivity contribution in [1.29, 1.82) is 0 Å². The van der Waals surface area contributed by atoms with E-state index >= 15 is 0 Å². The average Bonchev–Trinajstić information content (AvgIpc) is 3.55. The van der Waals surface area contributed by atoms with Crippen molar-refractivity contribution in [2.24, 2.45) is 0 Å². The van der Waals surface area contributed by atoms with Crippen LogP contribution in [-0.2, 0) is 0 Å². The van der Waals surface area contributed by atoms with E-state index in [0.717, 1.165) is 65.2 Å². The molecular weight excluding hydrogens is 570 g/mol. The maximum absolute atomic E-state index is 6.55. The standard InChI is InChI=1S/C37H26BrNO2/c1-3-4-12-29-24(2)40-35-23-28(21-22-30(29)35)39(27-19-17-26(18-20-27)25-10-6-5-7-11-25)34-16-9-14-32-31-13-8-15-33(38)36(31)41-37(32)34/h3-23H,2H2,1H3. The Kier molecular flexibility index (Phi) is 6.33. The first-order valence-electron chi connectivity index (χ1n) is 13.5. The Morgan fingerprint density at radius 3 is 2.17 bits per heavy atom. The van der Waals surface area contributed by atoms with Gasteiger partial charge in [-0.3, -0.25) is 0 Å². The number of nitrogens with zero attached hydrogens (tertiary/aromatic N) is 1. The van der Waals surface area contributed by atoms with Gasteiger partial charge in [0.25, 0.3) is 0 Å². The molecule has 4 heteroatoms. The van der Waals surface area contributed by atoms with Gasteiger partial charge >= 0.3 is 0 Å². The fraction of sp³-hybridized carbons (Fsp3) is 0.0270. The van der Waals surface area contributed by atoms with Gasteiger partial charge in [-0.2, -0.15) is 0 Å². The van der Waals surface area contributed by atoms with Crippen LogP contribution >= 0.6 is 15.9 Å². The summed E-state index contributed by atoms with van der Waals surface area (Å²) in [5.41, 5.74) is 8.35. The smallest absolute Gasteiger partial charge is 0.159 e. The average molecular weight is 597 g/mol. The number of rotatable bonds is 5. The molecule has 198 valence electrons. The molecule has 0 spiro atoms. The van der Waals surface area contributed by atoms with Crippen LogP contribution in [0.25, 0.3) is 56.7 Å². The molecule has 0 bridgehead atoms. The third-order valence-corrected chi connectivity index (χ3v) is 8.06. The van der Waals surface area contributed by atoms with Crippen LogP contribution in [0, 0.1) is 0 Å². The van der Waals surface area contributed by atoms with Gasteiger partial charge in [-0.1, -0.05) is 91.5 Å². The molecule has 0 N–H and O–H groups in total. The van der Waals surface area contributed by atoms with Crippen molar-refractivity contribution in [3.8, 4) is 11.1 Å². The van der Waals surface area contributed by atoms with E-state index in [1.807, 2.05) is 43.4 Å². The largest absolute Gasteiger partial charge is 0.457 e. The van der Waals surface area contributed by atoms with E-state index in [1.165, 1.54) is 5.56 Å².